The van der Waals surface area contributed by atoms with Crippen LogP contribution in [0.1, 0.15) is 27.2 Å². The summed E-state index contributed by atoms with van der Waals surface area (Å²) in [6.45, 7) is 5.80. The van der Waals surface area contributed by atoms with Gasteiger partial charge in [-0.15, -0.1) is 12.4 Å². The van der Waals surface area contributed by atoms with Gasteiger partial charge in [0.25, 0.3) is 0 Å². The third-order valence-corrected chi connectivity index (χ3v) is 4.98. The first-order chi connectivity index (χ1) is 10.5. The van der Waals surface area contributed by atoms with Crippen molar-refractivity contribution in [2.24, 2.45) is 11.7 Å². The minimum absolute atomic E-state index is 0. The Morgan fingerprint density at radius 2 is 2.00 bits per heavy atom. The maximum absolute atomic E-state index is 12.5. The second-order valence-electron chi connectivity index (χ2n) is 6.06. The molecule has 1 rings (SSSR count). The molecule has 0 spiro atoms. The van der Waals surface area contributed by atoms with Crippen molar-refractivity contribution in [3.05, 3.63) is 28.3 Å². The maximum Gasteiger partial charge on any atom is 0.310 e. The fraction of sp³-hybridized carbons (Fsp3) is 0.571. The first-order valence-corrected chi connectivity index (χ1v) is 8.59. The van der Waals surface area contributed by atoms with E-state index in [1.807, 2.05) is 13.8 Å². The number of hydrogen-bond donors (Lipinski definition) is 2. The van der Waals surface area contributed by atoms with Gasteiger partial charge in [0, 0.05) is 24.2 Å². The lowest BCUT2D eigenvalue weighted by atomic mass is 9.92. The summed E-state index contributed by atoms with van der Waals surface area (Å²) < 4.78 is 32.6. The van der Waals surface area contributed by atoms with Gasteiger partial charge in [0.15, 0.2) is 5.75 Å². The van der Waals surface area contributed by atoms with Gasteiger partial charge in [0.1, 0.15) is 0 Å². The van der Waals surface area contributed by atoms with Gasteiger partial charge < -0.3 is 10.5 Å². The standard InChI is InChI=1S/C14H23N3O5S.ClH/c1-10(2)8-14(3,9-15)16-23(20,21)11-5-6-12(17(18)19)13(7-11)22-4;/h5-7,10,16H,8-9,15H2,1-4H3;1H. The smallest absolute Gasteiger partial charge is 0.310 e. The summed E-state index contributed by atoms with van der Waals surface area (Å²) in [6, 6.07) is 3.41. The van der Waals surface area contributed by atoms with Crippen molar-refractivity contribution in [3.63, 3.8) is 0 Å². The predicted molar refractivity (Wildman–Crippen MR) is 94.1 cm³/mol. The van der Waals surface area contributed by atoms with Gasteiger partial charge in [-0.25, -0.2) is 13.1 Å². The number of nitrogens with one attached hydrogen (secondary N) is 1. The highest BCUT2D eigenvalue weighted by Crippen LogP contribution is 2.30. The summed E-state index contributed by atoms with van der Waals surface area (Å²) in [5.74, 6) is 0.133. The molecule has 0 aliphatic carbocycles. The first kappa shape index (κ1) is 22.6. The molecule has 24 heavy (non-hydrogen) atoms. The van der Waals surface area contributed by atoms with E-state index in [9.17, 15) is 18.5 Å². The molecule has 0 fully saturated rings. The Morgan fingerprint density at radius 1 is 1.42 bits per heavy atom. The van der Waals surface area contributed by atoms with Crippen molar-refractivity contribution in [1.82, 2.24) is 4.72 Å². The van der Waals surface area contributed by atoms with E-state index in [4.69, 9.17) is 10.5 Å². The Morgan fingerprint density at radius 3 is 2.42 bits per heavy atom. The largest absolute Gasteiger partial charge is 0.490 e. The monoisotopic (exact) mass is 381 g/mol. The van der Waals surface area contributed by atoms with Crippen LogP contribution in [0.25, 0.3) is 0 Å². The number of halogens is 1. The normalized spacial score (nSPS) is 13.9. The summed E-state index contributed by atoms with van der Waals surface area (Å²) in [4.78, 5) is 10.1. The summed E-state index contributed by atoms with van der Waals surface area (Å²) >= 11 is 0. The van der Waals surface area contributed by atoms with E-state index in [2.05, 4.69) is 4.72 Å². The van der Waals surface area contributed by atoms with E-state index in [0.29, 0.717) is 6.42 Å². The zero-order valence-corrected chi connectivity index (χ0v) is 15.7. The maximum atomic E-state index is 12.5. The molecule has 1 atom stereocenters. The van der Waals surface area contributed by atoms with Crippen LogP contribution in [-0.4, -0.2) is 32.5 Å². The van der Waals surface area contributed by atoms with Crippen LogP contribution in [0.5, 0.6) is 5.75 Å². The van der Waals surface area contributed by atoms with Crippen LogP contribution >= 0.6 is 12.4 Å². The van der Waals surface area contributed by atoms with Crippen molar-refractivity contribution in [3.8, 4) is 5.75 Å². The van der Waals surface area contributed by atoms with E-state index < -0.39 is 20.5 Å². The molecule has 0 heterocycles. The van der Waals surface area contributed by atoms with Gasteiger partial charge in [-0.1, -0.05) is 13.8 Å². The van der Waals surface area contributed by atoms with Gasteiger partial charge in [0.2, 0.25) is 10.0 Å². The second kappa shape index (κ2) is 8.61. The molecule has 1 aromatic carbocycles. The van der Waals surface area contributed by atoms with E-state index in [0.717, 1.165) is 12.1 Å². The SMILES string of the molecule is COc1cc(S(=O)(=O)NC(C)(CN)CC(C)C)ccc1[N+](=O)[O-].Cl. The average molecular weight is 382 g/mol. The minimum Gasteiger partial charge on any atom is -0.490 e. The van der Waals surface area contributed by atoms with Crippen molar-refractivity contribution in [2.75, 3.05) is 13.7 Å². The van der Waals surface area contributed by atoms with E-state index in [1.54, 1.807) is 6.92 Å². The van der Waals surface area contributed by atoms with Gasteiger partial charge in [-0.3, -0.25) is 10.1 Å². The number of nitro groups is 1. The number of benzene rings is 1. The molecule has 0 saturated heterocycles. The molecule has 1 aromatic rings. The number of nitrogens with two attached hydrogens (primary N) is 1. The van der Waals surface area contributed by atoms with E-state index >= 15 is 0 Å². The summed E-state index contributed by atoms with van der Waals surface area (Å²) in [5.41, 5.74) is 4.62. The molecule has 0 bridgehead atoms. The summed E-state index contributed by atoms with van der Waals surface area (Å²) in [5, 5.41) is 10.9. The molecule has 138 valence electrons. The first-order valence-electron chi connectivity index (χ1n) is 7.11. The molecule has 8 nitrogen and oxygen atoms in total. The molecular formula is C14H24ClN3O5S. The average Bonchev–Trinajstić information content (AvgIpc) is 2.44. The van der Waals surface area contributed by atoms with Crippen LogP contribution in [0, 0.1) is 16.0 Å². The van der Waals surface area contributed by atoms with Crippen molar-refractivity contribution in [2.45, 2.75) is 37.6 Å². The van der Waals surface area contributed by atoms with Crippen LogP contribution < -0.4 is 15.2 Å². The molecule has 10 heteroatoms. The van der Waals surface area contributed by atoms with Crippen molar-refractivity contribution in [1.29, 1.82) is 0 Å². The lowest BCUT2D eigenvalue weighted by Crippen LogP contribution is -2.51. The Kier molecular flexibility index (Phi) is 8.10. The molecule has 1 unspecified atom stereocenters. The number of rotatable bonds is 8. The predicted octanol–water partition coefficient (Wildman–Crippen LogP) is 2.07. The van der Waals surface area contributed by atoms with Crippen LogP contribution in [0.2, 0.25) is 0 Å². The number of ether oxygens (including phenoxy) is 1. The number of hydrogen-bond acceptors (Lipinski definition) is 6. The van der Waals surface area contributed by atoms with Crippen LogP contribution in [0.4, 0.5) is 5.69 Å². The summed E-state index contributed by atoms with van der Waals surface area (Å²) in [7, 11) is -2.64. The fourth-order valence-corrected chi connectivity index (χ4v) is 3.87. The molecule has 0 aliphatic rings. The van der Waals surface area contributed by atoms with Gasteiger partial charge >= 0.3 is 5.69 Å². The van der Waals surface area contributed by atoms with Crippen LogP contribution in [0.3, 0.4) is 0 Å². The molecule has 0 saturated carbocycles. The topological polar surface area (TPSA) is 125 Å². The molecule has 0 radical (unpaired) electrons. The zero-order valence-electron chi connectivity index (χ0n) is 14.1. The second-order valence-corrected chi connectivity index (χ2v) is 7.74. The summed E-state index contributed by atoms with van der Waals surface area (Å²) in [6.07, 6.45) is 0.562. The Hall–Kier alpha value is -1.42. The lowest BCUT2D eigenvalue weighted by molar-refractivity contribution is -0.385. The van der Waals surface area contributed by atoms with Crippen LogP contribution in [-0.2, 0) is 10.0 Å². The highest BCUT2D eigenvalue weighted by atomic mass is 35.5. The van der Waals surface area contributed by atoms with E-state index in [1.165, 1.54) is 13.2 Å². The molecular weight excluding hydrogens is 358 g/mol. The van der Waals surface area contributed by atoms with Crippen molar-refractivity contribution < 1.29 is 18.1 Å². The van der Waals surface area contributed by atoms with Gasteiger partial charge in [-0.2, -0.15) is 0 Å². The Balaban J connectivity index is 0.00000529. The fourth-order valence-electron chi connectivity index (χ4n) is 2.43. The third-order valence-electron chi connectivity index (χ3n) is 3.35. The zero-order chi connectivity index (χ0) is 17.8. The molecule has 0 aromatic heterocycles. The highest BCUT2D eigenvalue weighted by Gasteiger charge is 2.31. The molecule has 0 aliphatic heterocycles. The van der Waals surface area contributed by atoms with Gasteiger partial charge in [-0.05, 0) is 25.3 Å². The molecule has 3 N–H and O–H groups in total. The number of methoxy groups -OCH3 is 1. The van der Waals surface area contributed by atoms with Crippen molar-refractivity contribution >= 4 is 28.1 Å². The minimum atomic E-state index is -3.88. The number of sulfonamides is 1. The number of nitro benzene ring substituents is 1. The molecule has 0 amide bonds. The third kappa shape index (κ3) is 5.59. The Labute approximate surface area is 148 Å². The number of nitrogens with zero attached hydrogens (tertiary/aromatic N) is 1. The van der Waals surface area contributed by atoms with Crippen LogP contribution in [0.15, 0.2) is 23.1 Å². The quantitative estimate of drug-likeness (QED) is 0.524. The van der Waals surface area contributed by atoms with Gasteiger partial charge in [0.05, 0.1) is 16.9 Å². The lowest BCUT2D eigenvalue weighted by Gasteiger charge is -2.30. The van der Waals surface area contributed by atoms with E-state index in [-0.39, 0.29) is 41.2 Å². The highest BCUT2D eigenvalue weighted by molar-refractivity contribution is 7.89. The Bertz CT molecular complexity index is 681.